The van der Waals surface area contributed by atoms with E-state index in [0.717, 1.165) is 23.5 Å². The number of hydrogen-bond donors (Lipinski definition) is 1. The minimum Gasteiger partial charge on any atom is -0.497 e. The van der Waals surface area contributed by atoms with Gasteiger partial charge < -0.3 is 4.74 Å². The molecule has 0 fully saturated rings. The molecule has 0 saturated carbocycles. The molecule has 0 amide bonds. The van der Waals surface area contributed by atoms with Crippen LogP contribution in [0.15, 0.2) is 24.3 Å². The summed E-state index contributed by atoms with van der Waals surface area (Å²) in [6.07, 6.45) is 0. The number of ether oxygens (including phenoxy) is 1. The van der Waals surface area contributed by atoms with Crippen LogP contribution in [0.4, 0.5) is 0 Å². The zero-order chi connectivity index (χ0) is 17.0. The van der Waals surface area contributed by atoms with Gasteiger partial charge in [0, 0.05) is 24.3 Å². The predicted molar refractivity (Wildman–Crippen MR) is 89.8 cm³/mol. The molecular weight excluding hydrogens is 314 g/mol. The van der Waals surface area contributed by atoms with Gasteiger partial charge >= 0.3 is 0 Å². The first-order valence-corrected chi connectivity index (χ1v) is 9.14. The van der Waals surface area contributed by atoms with Crippen molar-refractivity contribution in [3.05, 3.63) is 46.8 Å². The maximum atomic E-state index is 12.3. The van der Waals surface area contributed by atoms with Crippen molar-refractivity contribution in [2.75, 3.05) is 7.11 Å². The summed E-state index contributed by atoms with van der Waals surface area (Å²) in [6, 6.07) is 7.07. The number of nitrogens with zero attached hydrogens (tertiary/aromatic N) is 2. The summed E-state index contributed by atoms with van der Waals surface area (Å²) in [7, 11) is -1.87. The van der Waals surface area contributed by atoms with Crippen LogP contribution in [0.5, 0.6) is 5.75 Å². The zero-order valence-electron chi connectivity index (χ0n) is 14.0. The summed E-state index contributed by atoms with van der Waals surface area (Å²) >= 11 is 0. The summed E-state index contributed by atoms with van der Waals surface area (Å²) in [5.74, 6) is 0.568. The van der Waals surface area contributed by atoms with Crippen molar-refractivity contribution in [2.45, 2.75) is 39.6 Å². The number of aryl methyl sites for hydroxylation is 2. The van der Waals surface area contributed by atoms with Gasteiger partial charge in [-0.15, -0.1) is 0 Å². The smallest absolute Gasteiger partial charge is 0.216 e. The highest BCUT2D eigenvalue weighted by molar-refractivity contribution is 7.88. The second-order valence-electron chi connectivity index (χ2n) is 5.40. The zero-order valence-corrected chi connectivity index (χ0v) is 14.8. The Hall–Kier alpha value is -1.86. The third kappa shape index (κ3) is 4.33. The molecule has 0 aliphatic rings. The standard InChI is InChI=1S/C16H23N3O3S/c1-5-19-13(3)16(12(2)18-19)10-17-23(20,21)11-14-7-6-8-15(9-14)22-4/h6-9,17H,5,10-11H2,1-4H3. The van der Waals surface area contributed by atoms with Gasteiger partial charge in [-0.05, 0) is 38.5 Å². The van der Waals surface area contributed by atoms with Crippen LogP contribution < -0.4 is 9.46 Å². The SMILES string of the molecule is CCn1nc(C)c(CNS(=O)(=O)Cc2cccc(OC)c2)c1C. The topological polar surface area (TPSA) is 73.2 Å². The molecule has 1 aromatic heterocycles. The number of sulfonamides is 1. The molecule has 0 atom stereocenters. The fraction of sp³-hybridized carbons (Fsp3) is 0.438. The van der Waals surface area contributed by atoms with E-state index in [-0.39, 0.29) is 12.3 Å². The number of nitrogens with one attached hydrogen (secondary N) is 1. The fourth-order valence-electron chi connectivity index (χ4n) is 2.51. The molecule has 2 rings (SSSR count). The van der Waals surface area contributed by atoms with Crippen molar-refractivity contribution in [1.82, 2.24) is 14.5 Å². The molecular formula is C16H23N3O3S. The Kier molecular flexibility index (Phi) is 5.43. The largest absolute Gasteiger partial charge is 0.497 e. The lowest BCUT2D eigenvalue weighted by Gasteiger charge is -2.08. The van der Waals surface area contributed by atoms with Crippen LogP contribution in [-0.4, -0.2) is 25.3 Å². The maximum absolute atomic E-state index is 12.3. The van der Waals surface area contributed by atoms with Crippen LogP contribution >= 0.6 is 0 Å². The van der Waals surface area contributed by atoms with Gasteiger partial charge in [-0.3, -0.25) is 4.68 Å². The van der Waals surface area contributed by atoms with E-state index in [2.05, 4.69) is 9.82 Å². The van der Waals surface area contributed by atoms with E-state index in [9.17, 15) is 8.42 Å². The van der Waals surface area contributed by atoms with Crippen molar-refractivity contribution in [2.24, 2.45) is 0 Å². The minimum atomic E-state index is -3.43. The number of hydrogen-bond acceptors (Lipinski definition) is 4. The van der Waals surface area contributed by atoms with Crippen LogP contribution in [0.1, 0.15) is 29.4 Å². The Labute approximate surface area is 137 Å². The molecule has 0 aliphatic heterocycles. The number of benzene rings is 1. The molecule has 0 saturated heterocycles. The average molecular weight is 337 g/mol. The molecule has 2 aromatic rings. The van der Waals surface area contributed by atoms with Crippen LogP contribution in [0, 0.1) is 13.8 Å². The second-order valence-corrected chi connectivity index (χ2v) is 7.20. The van der Waals surface area contributed by atoms with Gasteiger partial charge in [0.2, 0.25) is 10.0 Å². The molecule has 0 bridgehead atoms. The Bertz CT molecular complexity index is 782. The summed E-state index contributed by atoms with van der Waals surface area (Å²) in [5, 5.41) is 4.40. The highest BCUT2D eigenvalue weighted by Crippen LogP contribution is 2.16. The lowest BCUT2D eigenvalue weighted by atomic mass is 10.2. The average Bonchev–Trinajstić information content (AvgIpc) is 2.79. The van der Waals surface area contributed by atoms with Crippen LogP contribution in [0.25, 0.3) is 0 Å². The molecule has 1 aromatic carbocycles. The van der Waals surface area contributed by atoms with Gasteiger partial charge in [-0.1, -0.05) is 12.1 Å². The first-order valence-electron chi connectivity index (χ1n) is 7.49. The van der Waals surface area contributed by atoms with Gasteiger partial charge in [0.15, 0.2) is 0 Å². The summed E-state index contributed by atoms with van der Waals surface area (Å²) in [4.78, 5) is 0. The minimum absolute atomic E-state index is 0.0792. The first kappa shape index (κ1) is 17.5. The second kappa shape index (κ2) is 7.14. The monoisotopic (exact) mass is 337 g/mol. The van der Waals surface area contributed by atoms with E-state index in [1.54, 1.807) is 31.4 Å². The molecule has 6 nitrogen and oxygen atoms in total. The van der Waals surface area contributed by atoms with E-state index in [1.165, 1.54) is 0 Å². The van der Waals surface area contributed by atoms with Gasteiger partial charge in [0.05, 0.1) is 18.6 Å². The number of rotatable bonds is 7. The summed E-state index contributed by atoms with van der Waals surface area (Å²) in [6.45, 7) is 6.88. The lowest BCUT2D eigenvalue weighted by molar-refractivity contribution is 0.414. The fourth-order valence-corrected chi connectivity index (χ4v) is 3.60. The van der Waals surface area contributed by atoms with Crippen molar-refractivity contribution in [3.63, 3.8) is 0 Å². The van der Waals surface area contributed by atoms with Gasteiger partial charge in [0.25, 0.3) is 0 Å². The molecule has 0 unspecified atom stereocenters. The normalized spacial score (nSPS) is 11.7. The van der Waals surface area contributed by atoms with Crippen LogP contribution in [0.2, 0.25) is 0 Å². The van der Waals surface area contributed by atoms with E-state index in [4.69, 9.17) is 4.74 Å². The van der Waals surface area contributed by atoms with Crippen molar-refractivity contribution in [1.29, 1.82) is 0 Å². The Morgan fingerprint density at radius 1 is 1.30 bits per heavy atom. The van der Waals surface area contributed by atoms with Crippen LogP contribution in [-0.2, 0) is 28.9 Å². The molecule has 0 radical (unpaired) electrons. The van der Waals surface area contributed by atoms with E-state index in [0.29, 0.717) is 11.3 Å². The van der Waals surface area contributed by atoms with Gasteiger partial charge in [-0.25, -0.2) is 13.1 Å². The van der Waals surface area contributed by atoms with E-state index in [1.807, 2.05) is 25.5 Å². The van der Waals surface area contributed by atoms with E-state index < -0.39 is 10.0 Å². The Morgan fingerprint density at radius 2 is 2.04 bits per heavy atom. The van der Waals surface area contributed by atoms with Gasteiger partial charge in [-0.2, -0.15) is 5.10 Å². The van der Waals surface area contributed by atoms with Crippen molar-refractivity contribution >= 4 is 10.0 Å². The van der Waals surface area contributed by atoms with Crippen molar-refractivity contribution < 1.29 is 13.2 Å². The lowest BCUT2D eigenvalue weighted by Crippen LogP contribution is -2.25. The van der Waals surface area contributed by atoms with Crippen LogP contribution in [0.3, 0.4) is 0 Å². The quantitative estimate of drug-likeness (QED) is 0.840. The number of aromatic nitrogens is 2. The maximum Gasteiger partial charge on any atom is 0.216 e. The number of methoxy groups -OCH3 is 1. The molecule has 23 heavy (non-hydrogen) atoms. The van der Waals surface area contributed by atoms with Gasteiger partial charge in [0.1, 0.15) is 5.75 Å². The molecule has 126 valence electrons. The van der Waals surface area contributed by atoms with E-state index >= 15 is 0 Å². The Morgan fingerprint density at radius 3 is 2.65 bits per heavy atom. The molecule has 7 heteroatoms. The predicted octanol–water partition coefficient (Wildman–Crippen LogP) is 2.15. The summed E-state index contributed by atoms with van der Waals surface area (Å²) in [5.41, 5.74) is 3.47. The molecule has 0 spiro atoms. The highest BCUT2D eigenvalue weighted by Gasteiger charge is 2.16. The highest BCUT2D eigenvalue weighted by atomic mass is 32.2. The third-order valence-corrected chi connectivity index (χ3v) is 5.09. The van der Waals surface area contributed by atoms with Crippen molar-refractivity contribution in [3.8, 4) is 5.75 Å². The first-order chi connectivity index (χ1) is 10.9. The molecule has 1 N–H and O–H groups in total. The summed E-state index contributed by atoms with van der Waals surface area (Å²) < 4.78 is 34.2. The molecule has 1 heterocycles. The Balaban J connectivity index is 2.08. The third-order valence-electron chi connectivity index (χ3n) is 3.79. The molecule has 0 aliphatic carbocycles.